The van der Waals surface area contributed by atoms with Gasteiger partial charge in [-0.3, -0.25) is 9.89 Å². The molecule has 0 aliphatic carbocycles. The molecule has 0 radical (unpaired) electrons. The Hall–Kier alpha value is -1.85. The number of carbonyl (C=O) groups excluding carboxylic acids is 1. The first-order valence-corrected chi connectivity index (χ1v) is 7.84. The molecule has 0 spiro atoms. The number of rotatable bonds is 7. The maximum atomic E-state index is 11.4. The molecule has 20 heavy (non-hydrogen) atoms. The van der Waals surface area contributed by atoms with Gasteiger partial charge in [-0.1, -0.05) is 17.8 Å². The number of hydrogen-bond donors (Lipinski definition) is 2. The van der Waals surface area contributed by atoms with Gasteiger partial charge in [-0.2, -0.15) is 5.26 Å². The molecule has 0 aliphatic heterocycles. The van der Waals surface area contributed by atoms with Gasteiger partial charge in [0.05, 0.1) is 18.2 Å². The number of thiophene rings is 1. The van der Waals surface area contributed by atoms with E-state index in [9.17, 15) is 4.79 Å². The van der Waals surface area contributed by atoms with E-state index in [2.05, 4.69) is 20.5 Å². The molecule has 2 N–H and O–H groups in total. The van der Waals surface area contributed by atoms with Crippen molar-refractivity contribution in [3.05, 3.63) is 28.2 Å². The van der Waals surface area contributed by atoms with E-state index in [-0.39, 0.29) is 11.7 Å². The lowest BCUT2D eigenvalue weighted by Crippen LogP contribution is -2.25. The van der Waals surface area contributed by atoms with Gasteiger partial charge < -0.3 is 5.32 Å². The number of thioether (sulfide) groups is 1. The van der Waals surface area contributed by atoms with Gasteiger partial charge in [0, 0.05) is 17.8 Å². The molecule has 0 bridgehead atoms. The monoisotopic (exact) mass is 307 g/mol. The predicted octanol–water partition coefficient (Wildman–Crippen LogP) is 1.58. The molecule has 2 heterocycles. The first kappa shape index (κ1) is 14.6. The molecule has 0 saturated carbocycles. The van der Waals surface area contributed by atoms with Crippen LogP contribution in [0.1, 0.15) is 17.1 Å². The zero-order chi connectivity index (χ0) is 14.2. The SMILES string of the molecule is N#CCCNC(=O)CSc1n[nH]c(Cc2cccs2)n1. The minimum absolute atomic E-state index is 0.116. The van der Waals surface area contributed by atoms with E-state index in [0.29, 0.717) is 18.1 Å². The molecule has 0 aliphatic rings. The standard InChI is InChI=1S/C12H13N5OS2/c13-4-2-5-14-11(18)8-20-12-15-10(16-17-12)7-9-3-1-6-19-9/h1,3,6H,2,5,7-8H2,(H,14,18)(H,15,16,17). The van der Waals surface area contributed by atoms with Crippen molar-refractivity contribution in [1.82, 2.24) is 20.5 Å². The Balaban J connectivity index is 1.75. The molecule has 1 amide bonds. The average Bonchev–Trinajstić information content (AvgIpc) is 3.09. The van der Waals surface area contributed by atoms with Crippen LogP contribution in [0.4, 0.5) is 0 Å². The van der Waals surface area contributed by atoms with Crippen LogP contribution < -0.4 is 5.32 Å². The topological polar surface area (TPSA) is 94.5 Å². The van der Waals surface area contributed by atoms with Gasteiger partial charge >= 0.3 is 0 Å². The Morgan fingerprint density at radius 1 is 1.60 bits per heavy atom. The molecule has 0 unspecified atom stereocenters. The summed E-state index contributed by atoms with van der Waals surface area (Å²) in [6.07, 6.45) is 1.04. The highest BCUT2D eigenvalue weighted by Crippen LogP contribution is 2.15. The van der Waals surface area contributed by atoms with E-state index in [1.54, 1.807) is 11.3 Å². The highest BCUT2D eigenvalue weighted by atomic mass is 32.2. The maximum absolute atomic E-state index is 11.4. The summed E-state index contributed by atoms with van der Waals surface area (Å²) in [5.74, 6) is 0.927. The summed E-state index contributed by atoms with van der Waals surface area (Å²) in [5, 5.41) is 20.5. The summed E-state index contributed by atoms with van der Waals surface area (Å²) in [7, 11) is 0. The number of nitrogens with one attached hydrogen (secondary N) is 2. The van der Waals surface area contributed by atoms with Crippen LogP contribution >= 0.6 is 23.1 Å². The van der Waals surface area contributed by atoms with Crippen molar-refractivity contribution in [2.45, 2.75) is 18.0 Å². The van der Waals surface area contributed by atoms with Crippen LogP contribution in [-0.2, 0) is 11.2 Å². The van der Waals surface area contributed by atoms with Gasteiger partial charge in [0.1, 0.15) is 5.82 Å². The largest absolute Gasteiger partial charge is 0.354 e. The molecular weight excluding hydrogens is 294 g/mol. The Bertz CT molecular complexity index is 587. The summed E-state index contributed by atoms with van der Waals surface area (Å²) in [5.41, 5.74) is 0. The fraction of sp³-hybridized carbons (Fsp3) is 0.333. The van der Waals surface area contributed by atoms with Crippen molar-refractivity contribution in [3.8, 4) is 6.07 Å². The Morgan fingerprint density at radius 3 is 3.25 bits per heavy atom. The number of aromatic amines is 1. The van der Waals surface area contributed by atoms with Gasteiger partial charge in [-0.15, -0.1) is 16.4 Å². The second-order valence-electron chi connectivity index (χ2n) is 3.87. The molecule has 2 aromatic heterocycles. The first-order valence-electron chi connectivity index (χ1n) is 5.98. The molecule has 2 rings (SSSR count). The van der Waals surface area contributed by atoms with E-state index in [1.165, 1.54) is 16.6 Å². The fourth-order valence-electron chi connectivity index (χ4n) is 1.44. The van der Waals surface area contributed by atoms with Gasteiger partial charge in [-0.05, 0) is 11.4 Å². The predicted molar refractivity (Wildman–Crippen MR) is 77.5 cm³/mol. The fourth-order valence-corrected chi connectivity index (χ4v) is 2.79. The van der Waals surface area contributed by atoms with Crippen LogP contribution in [0.3, 0.4) is 0 Å². The van der Waals surface area contributed by atoms with Crippen molar-refractivity contribution in [3.63, 3.8) is 0 Å². The first-order chi connectivity index (χ1) is 9.78. The minimum atomic E-state index is -0.116. The third kappa shape index (κ3) is 4.68. The lowest BCUT2D eigenvalue weighted by atomic mass is 10.3. The Morgan fingerprint density at radius 2 is 2.50 bits per heavy atom. The van der Waals surface area contributed by atoms with Gasteiger partial charge in [0.25, 0.3) is 0 Å². The lowest BCUT2D eigenvalue weighted by molar-refractivity contribution is -0.118. The highest BCUT2D eigenvalue weighted by Gasteiger charge is 2.08. The molecule has 104 valence electrons. The summed E-state index contributed by atoms with van der Waals surface area (Å²) in [4.78, 5) is 17.0. The summed E-state index contributed by atoms with van der Waals surface area (Å²) in [6.45, 7) is 0.382. The molecule has 8 heteroatoms. The number of aromatic nitrogens is 3. The average molecular weight is 307 g/mol. The van der Waals surface area contributed by atoms with E-state index in [0.717, 1.165) is 12.2 Å². The van der Waals surface area contributed by atoms with Crippen molar-refractivity contribution in [1.29, 1.82) is 5.26 Å². The van der Waals surface area contributed by atoms with Gasteiger partial charge in [-0.25, -0.2) is 4.98 Å². The number of hydrogen-bond acceptors (Lipinski definition) is 6. The van der Waals surface area contributed by atoms with E-state index < -0.39 is 0 Å². The van der Waals surface area contributed by atoms with Crippen molar-refractivity contribution >= 4 is 29.0 Å². The molecule has 2 aromatic rings. The second kappa shape index (κ2) is 7.67. The van der Waals surface area contributed by atoms with Crippen LogP contribution in [0.2, 0.25) is 0 Å². The molecule has 6 nitrogen and oxygen atoms in total. The Kier molecular flexibility index (Phi) is 5.58. The normalized spacial score (nSPS) is 10.2. The van der Waals surface area contributed by atoms with Gasteiger partial charge in [0.2, 0.25) is 11.1 Å². The van der Waals surface area contributed by atoms with E-state index in [4.69, 9.17) is 5.26 Å². The third-order valence-electron chi connectivity index (χ3n) is 2.32. The quantitative estimate of drug-likeness (QED) is 0.598. The zero-order valence-electron chi connectivity index (χ0n) is 10.6. The highest BCUT2D eigenvalue weighted by molar-refractivity contribution is 7.99. The van der Waals surface area contributed by atoms with Crippen molar-refractivity contribution < 1.29 is 4.79 Å². The Labute approximate surface area is 124 Å². The summed E-state index contributed by atoms with van der Waals surface area (Å²) >= 11 is 2.95. The van der Waals surface area contributed by atoms with Crippen LogP contribution in [0.15, 0.2) is 22.7 Å². The summed E-state index contributed by atoms with van der Waals surface area (Å²) in [6, 6.07) is 6.01. The number of carbonyl (C=O) groups is 1. The van der Waals surface area contributed by atoms with Crippen LogP contribution in [0.5, 0.6) is 0 Å². The van der Waals surface area contributed by atoms with E-state index in [1.807, 2.05) is 23.6 Å². The number of H-pyrrole nitrogens is 1. The lowest BCUT2D eigenvalue weighted by Gasteiger charge is -1.99. The number of nitriles is 1. The molecule has 0 aromatic carbocycles. The summed E-state index contributed by atoms with van der Waals surface area (Å²) < 4.78 is 0. The van der Waals surface area contributed by atoms with Crippen LogP contribution in [0, 0.1) is 11.3 Å². The number of amides is 1. The van der Waals surface area contributed by atoms with Crippen molar-refractivity contribution in [2.75, 3.05) is 12.3 Å². The molecule has 0 atom stereocenters. The van der Waals surface area contributed by atoms with E-state index >= 15 is 0 Å². The third-order valence-corrected chi connectivity index (χ3v) is 4.05. The molecule has 0 fully saturated rings. The zero-order valence-corrected chi connectivity index (χ0v) is 12.3. The maximum Gasteiger partial charge on any atom is 0.230 e. The van der Waals surface area contributed by atoms with Crippen LogP contribution in [0.25, 0.3) is 0 Å². The molecular formula is C12H13N5OS2. The van der Waals surface area contributed by atoms with Crippen molar-refractivity contribution in [2.24, 2.45) is 0 Å². The van der Waals surface area contributed by atoms with Gasteiger partial charge in [0.15, 0.2) is 0 Å². The smallest absolute Gasteiger partial charge is 0.230 e. The molecule has 0 saturated heterocycles. The minimum Gasteiger partial charge on any atom is -0.354 e. The number of nitrogens with zero attached hydrogens (tertiary/aromatic N) is 3. The second-order valence-corrected chi connectivity index (χ2v) is 5.84. The van der Waals surface area contributed by atoms with Crippen LogP contribution in [-0.4, -0.2) is 33.4 Å².